The van der Waals surface area contributed by atoms with Gasteiger partial charge in [-0.25, -0.2) is 0 Å². The van der Waals surface area contributed by atoms with Crippen LogP contribution in [0, 0.1) is 0 Å². The van der Waals surface area contributed by atoms with Crippen LogP contribution in [-0.2, 0) is 17.6 Å². The summed E-state index contributed by atoms with van der Waals surface area (Å²) >= 11 is 0. The fraction of sp³-hybridized carbons (Fsp3) is 0.208. The Morgan fingerprint density at radius 3 is 1.65 bits per heavy atom. The molecule has 0 aromatic heterocycles. The van der Waals surface area contributed by atoms with Crippen molar-refractivity contribution in [3.63, 3.8) is 0 Å². The molecular weight excluding hydrogens is 318 g/mol. The maximum absolute atomic E-state index is 12.0. The standard InChI is InChI=1S/C24H25NO/c25-24(26)23(21-13-5-2-6-14-21)22-17-15-20(16-18-22)12-8-7-11-19-9-3-1-4-10-19/h1-6,9-10,13-18,23H,7-8,11-12H2,(H2,25,26). The van der Waals surface area contributed by atoms with Gasteiger partial charge in [0.1, 0.15) is 0 Å². The highest BCUT2D eigenvalue weighted by molar-refractivity contribution is 5.85. The minimum Gasteiger partial charge on any atom is -0.369 e. The second-order valence-electron chi connectivity index (χ2n) is 6.68. The molecule has 0 saturated carbocycles. The van der Waals surface area contributed by atoms with E-state index in [4.69, 9.17) is 5.73 Å². The molecule has 0 heterocycles. The highest BCUT2D eigenvalue weighted by Gasteiger charge is 2.19. The quantitative estimate of drug-likeness (QED) is 0.583. The molecule has 26 heavy (non-hydrogen) atoms. The van der Waals surface area contributed by atoms with Crippen molar-refractivity contribution >= 4 is 5.91 Å². The second-order valence-corrected chi connectivity index (χ2v) is 6.68. The van der Waals surface area contributed by atoms with Crippen molar-refractivity contribution < 1.29 is 4.79 Å². The summed E-state index contributed by atoms with van der Waals surface area (Å²) in [5.41, 5.74) is 10.3. The maximum Gasteiger partial charge on any atom is 0.229 e. The molecule has 0 fully saturated rings. The van der Waals surface area contributed by atoms with E-state index in [0.29, 0.717) is 0 Å². The third-order valence-corrected chi connectivity index (χ3v) is 4.75. The normalized spacial score (nSPS) is 11.8. The molecule has 0 aliphatic rings. The zero-order valence-corrected chi connectivity index (χ0v) is 15.0. The lowest BCUT2D eigenvalue weighted by atomic mass is 9.90. The summed E-state index contributed by atoms with van der Waals surface area (Å²) in [6.07, 6.45) is 4.52. The first-order valence-electron chi connectivity index (χ1n) is 9.21. The third kappa shape index (κ3) is 4.82. The average molecular weight is 343 g/mol. The van der Waals surface area contributed by atoms with E-state index < -0.39 is 0 Å². The summed E-state index contributed by atoms with van der Waals surface area (Å²) < 4.78 is 0. The Morgan fingerprint density at radius 1 is 0.654 bits per heavy atom. The maximum atomic E-state index is 12.0. The number of nitrogens with two attached hydrogens (primary N) is 1. The van der Waals surface area contributed by atoms with Gasteiger partial charge < -0.3 is 5.73 Å². The SMILES string of the molecule is NC(=O)C(c1ccccc1)c1ccc(CCCCc2ccccc2)cc1. The molecule has 1 atom stereocenters. The van der Waals surface area contributed by atoms with E-state index in [1.165, 1.54) is 17.5 Å². The molecule has 2 nitrogen and oxygen atoms in total. The van der Waals surface area contributed by atoms with Gasteiger partial charge in [-0.3, -0.25) is 4.79 Å². The lowest BCUT2D eigenvalue weighted by Crippen LogP contribution is -2.22. The van der Waals surface area contributed by atoms with Crippen LogP contribution < -0.4 is 5.73 Å². The number of benzene rings is 3. The summed E-state index contributed by atoms with van der Waals surface area (Å²) in [6.45, 7) is 0. The molecule has 0 spiro atoms. The van der Waals surface area contributed by atoms with Gasteiger partial charge in [0, 0.05) is 0 Å². The van der Waals surface area contributed by atoms with Crippen molar-refractivity contribution in [3.8, 4) is 0 Å². The van der Waals surface area contributed by atoms with Crippen molar-refractivity contribution in [1.29, 1.82) is 0 Å². The van der Waals surface area contributed by atoms with Gasteiger partial charge in [0.15, 0.2) is 0 Å². The molecule has 1 unspecified atom stereocenters. The summed E-state index contributed by atoms with van der Waals surface area (Å²) in [5.74, 6) is -0.699. The zero-order chi connectivity index (χ0) is 18.2. The van der Waals surface area contributed by atoms with Crippen molar-refractivity contribution in [2.75, 3.05) is 0 Å². The Kier molecular flexibility index (Phi) is 6.21. The molecule has 2 N–H and O–H groups in total. The van der Waals surface area contributed by atoms with E-state index >= 15 is 0 Å². The summed E-state index contributed by atoms with van der Waals surface area (Å²) in [4.78, 5) is 12.0. The lowest BCUT2D eigenvalue weighted by Gasteiger charge is -2.15. The fourth-order valence-electron chi connectivity index (χ4n) is 3.35. The highest BCUT2D eigenvalue weighted by Crippen LogP contribution is 2.25. The summed E-state index contributed by atoms with van der Waals surface area (Å²) in [7, 11) is 0. The van der Waals surface area contributed by atoms with Crippen LogP contribution in [-0.4, -0.2) is 5.91 Å². The number of amides is 1. The Bertz CT molecular complexity index is 810. The van der Waals surface area contributed by atoms with E-state index in [0.717, 1.165) is 30.4 Å². The van der Waals surface area contributed by atoms with Gasteiger partial charge in [-0.05, 0) is 47.9 Å². The Balaban J connectivity index is 1.58. The Hall–Kier alpha value is -2.87. The van der Waals surface area contributed by atoms with Crippen LogP contribution in [0.4, 0.5) is 0 Å². The number of unbranched alkanes of at least 4 members (excludes halogenated alkanes) is 1. The largest absolute Gasteiger partial charge is 0.369 e. The van der Waals surface area contributed by atoms with Crippen LogP contribution in [0.15, 0.2) is 84.9 Å². The zero-order valence-electron chi connectivity index (χ0n) is 15.0. The van der Waals surface area contributed by atoms with Gasteiger partial charge in [-0.15, -0.1) is 0 Å². The molecule has 2 heteroatoms. The Labute approximate surface area is 155 Å². The molecule has 1 amide bonds. The topological polar surface area (TPSA) is 43.1 Å². The fourth-order valence-corrected chi connectivity index (χ4v) is 3.35. The smallest absolute Gasteiger partial charge is 0.229 e. The number of carbonyl (C=O) groups excluding carboxylic acids is 1. The minimum absolute atomic E-state index is 0.313. The first kappa shape index (κ1) is 17.9. The number of carbonyl (C=O) groups is 1. The van der Waals surface area contributed by atoms with Crippen molar-refractivity contribution in [2.24, 2.45) is 5.73 Å². The molecule has 0 radical (unpaired) electrons. The monoisotopic (exact) mass is 343 g/mol. The van der Waals surface area contributed by atoms with Gasteiger partial charge >= 0.3 is 0 Å². The van der Waals surface area contributed by atoms with Gasteiger partial charge in [-0.2, -0.15) is 0 Å². The average Bonchev–Trinajstić information content (AvgIpc) is 2.68. The third-order valence-electron chi connectivity index (χ3n) is 4.75. The van der Waals surface area contributed by atoms with Crippen LogP contribution >= 0.6 is 0 Å². The van der Waals surface area contributed by atoms with Gasteiger partial charge in [0.05, 0.1) is 5.92 Å². The van der Waals surface area contributed by atoms with Crippen LogP contribution in [0.2, 0.25) is 0 Å². The summed E-state index contributed by atoms with van der Waals surface area (Å²) in [6, 6.07) is 28.6. The first-order valence-corrected chi connectivity index (χ1v) is 9.21. The van der Waals surface area contributed by atoms with Crippen LogP contribution in [0.5, 0.6) is 0 Å². The predicted octanol–water partition coefficient (Wildman–Crippen LogP) is 4.87. The number of hydrogen-bond donors (Lipinski definition) is 1. The van der Waals surface area contributed by atoms with E-state index in [2.05, 4.69) is 42.5 Å². The molecule has 0 aliphatic heterocycles. The van der Waals surface area contributed by atoms with Crippen LogP contribution in [0.3, 0.4) is 0 Å². The first-order chi connectivity index (χ1) is 12.7. The number of aryl methyl sites for hydroxylation is 2. The number of hydrogen-bond acceptors (Lipinski definition) is 1. The van der Waals surface area contributed by atoms with Gasteiger partial charge in [0.25, 0.3) is 0 Å². The molecule has 3 aromatic rings. The van der Waals surface area contributed by atoms with E-state index in [9.17, 15) is 4.79 Å². The van der Waals surface area contributed by atoms with Crippen LogP contribution in [0.1, 0.15) is 41.0 Å². The highest BCUT2D eigenvalue weighted by atomic mass is 16.1. The van der Waals surface area contributed by atoms with Crippen molar-refractivity contribution in [3.05, 3.63) is 107 Å². The predicted molar refractivity (Wildman–Crippen MR) is 107 cm³/mol. The summed E-state index contributed by atoms with van der Waals surface area (Å²) in [5, 5.41) is 0. The van der Waals surface area contributed by atoms with E-state index in [1.54, 1.807) is 0 Å². The number of rotatable bonds is 8. The van der Waals surface area contributed by atoms with E-state index in [-0.39, 0.29) is 11.8 Å². The van der Waals surface area contributed by atoms with Crippen LogP contribution in [0.25, 0.3) is 0 Å². The lowest BCUT2D eigenvalue weighted by molar-refractivity contribution is -0.118. The molecular formula is C24H25NO. The van der Waals surface area contributed by atoms with Gasteiger partial charge in [0.2, 0.25) is 5.91 Å². The van der Waals surface area contributed by atoms with Crippen molar-refractivity contribution in [1.82, 2.24) is 0 Å². The molecule has 3 aromatic carbocycles. The number of primary amides is 1. The van der Waals surface area contributed by atoms with Crippen molar-refractivity contribution in [2.45, 2.75) is 31.6 Å². The molecule has 0 saturated heterocycles. The molecule has 0 bridgehead atoms. The van der Waals surface area contributed by atoms with Gasteiger partial charge in [-0.1, -0.05) is 84.9 Å². The minimum atomic E-state index is -0.386. The second kappa shape index (κ2) is 9.00. The van der Waals surface area contributed by atoms with E-state index in [1.807, 2.05) is 42.5 Å². The Morgan fingerprint density at radius 2 is 1.12 bits per heavy atom. The molecule has 3 rings (SSSR count). The molecule has 132 valence electrons. The molecule has 0 aliphatic carbocycles.